The second-order valence-electron chi connectivity index (χ2n) is 6.85. The zero-order valence-electron chi connectivity index (χ0n) is 16.1. The Morgan fingerprint density at radius 1 is 1.13 bits per heavy atom. The number of amides is 1. The number of halogens is 1. The minimum atomic E-state index is -3.45. The third-order valence-corrected chi connectivity index (χ3v) is 6.81. The maximum Gasteiger partial charge on any atom is 0.252 e. The van der Waals surface area contributed by atoms with Crippen LogP contribution >= 0.6 is 0 Å². The number of ether oxygens (including phenoxy) is 1. The molecule has 1 fully saturated rings. The van der Waals surface area contributed by atoms with Crippen molar-refractivity contribution in [2.75, 3.05) is 38.6 Å². The van der Waals surface area contributed by atoms with E-state index in [4.69, 9.17) is 4.74 Å². The minimum Gasteiger partial charge on any atom is -0.379 e. The van der Waals surface area contributed by atoms with E-state index >= 15 is 0 Å². The standard InChI is InChI=1S/C20H21FN4O4S/c21-15-4-6-16(7-5-15)25-19-3-1-2-17(18(19)14-23-25)20(26)22-8-13-30(27,28)24-9-11-29-12-10-24/h1-7,14H,8-13H2,(H,22,26). The lowest BCUT2D eigenvalue weighted by Gasteiger charge is -2.26. The predicted molar refractivity (Wildman–Crippen MR) is 110 cm³/mol. The van der Waals surface area contributed by atoms with E-state index in [1.54, 1.807) is 35.1 Å². The number of nitrogens with zero attached hydrogens (tertiary/aromatic N) is 3. The molecule has 1 aliphatic heterocycles. The molecule has 10 heteroatoms. The van der Waals surface area contributed by atoms with Crippen molar-refractivity contribution in [1.29, 1.82) is 0 Å². The smallest absolute Gasteiger partial charge is 0.252 e. The van der Waals surface area contributed by atoms with Crippen LogP contribution in [-0.2, 0) is 14.8 Å². The van der Waals surface area contributed by atoms with E-state index in [0.29, 0.717) is 48.5 Å². The van der Waals surface area contributed by atoms with Gasteiger partial charge in [-0.3, -0.25) is 4.79 Å². The highest BCUT2D eigenvalue weighted by Crippen LogP contribution is 2.22. The Labute approximate surface area is 173 Å². The Balaban J connectivity index is 1.48. The van der Waals surface area contributed by atoms with Crippen LogP contribution in [0.15, 0.2) is 48.7 Å². The van der Waals surface area contributed by atoms with E-state index in [0.717, 1.165) is 0 Å². The maximum atomic E-state index is 13.2. The Kier molecular flexibility index (Phi) is 5.80. The molecule has 1 amide bonds. The fourth-order valence-corrected chi connectivity index (χ4v) is 4.70. The SMILES string of the molecule is O=C(NCCS(=O)(=O)N1CCOCC1)c1cccc2c1cnn2-c1ccc(F)cc1. The number of carbonyl (C=O) groups is 1. The van der Waals surface area contributed by atoms with Gasteiger partial charge in [0.05, 0.1) is 41.9 Å². The molecule has 4 rings (SSSR count). The van der Waals surface area contributed by atoms with Gasteiger partial charge in [0.15, 0.2) is 0 Å². The van der Waals surface area contributed by atoms with Crippen molar-refractivity contribution in [2.24, 2.45) is 0 Å². The van der Waals surface area contributed by atoms with E-state index in [1.165, 1.54) is 16.4 Å². The molecule has 0 aliphatic carbocycles. The zero-order valence-corrected chi connectivity index (χ0v) is 16.9. The van der Waals surface area contributed by atoms with E-state index < -0.39 is 10.0 Å². The maximum absolute atomic E-state index is 13.2. The largest absolute Gasteiger partial charge is 0.379 e. The lowest BCUT2D eigenvalue weighted by atomic mass is 10.1. The Morgan fingerprint density at radius 2 is 1.87 bits per heavy atom. The lowest BCUT2D eigenvalue weighted by Crippen LogP contribution is -2.43. The van der Waals surface area contributed by atoms with Crippen molar-refractivity contribution < 1.29 is 22.3 Å². The highest BCUT2D eigenvalue weighted by Gasteiger charge is 2.24. The summed E-state index contributed by atoms with van der Waals surface area (Å²) in [7, 11) is -3.45. The number of aromatic nitrogens is 2. The van der Waals surface area contributed by atoms with E-state index in [9.17, 15) is 17.6 Å². The number of morpholine rings is 1. The van der Waals surface area contributed by atoms with Crippen LogP contribution in [0.2, 0.25) is 0 Å². The van der Waals surface area contributed by atoms with Gasteiger partial charge >= 0.3 is 0 Å². The summed E-state index contributed by atoms with van der Waals surface area (Å²) in [6.45, 7) is 1.43. The third kappa shape index (κ3) is 4.20. The number of nitrogens with one attached hydrogen (secondary N) is 1. The summed E-state index contributed by atoms with van der Waals surface area (Å²) in [6.07, 6.45) is 1.57. The van der Waals surface area contributed by atoms with Gasteiger partial charge < -0.3 is 10.1 Å². The molecule has 8 nitrogen and oxygen atoms in total. The topological polar surface area (TPSA) is 93.5 Å². The van der Waals surface area contributed by atoms with Crippen molar-refractivity contribution >= 4 is 26.8 Å². The molecule has 0 bridgehead atoms. The van der Waals surface area contributed by atoms with Crippen LogP contribution in [-0.4, -0.2) is 67.0 Å². The molecule has 0 atom stereocenters. The fraction of sp³-hybridized carbons (Fsp3) is 0.300. The second-order valence-corrected chi connectivity index (χ2v) is 8.94. The summed E-state index contributed by atoms with van der Waals surface area (Å²) in [5, 5.41) is 7.62. The molecular formula is C20H21FN4O4S. The van der Waals surface area contributed by atoms with Gasteiger partial charge in [0.1, 0.15) is 5.82 Å². The first-order valence-corrected chi connectivity index (χ1v) is 11.1. The van der Waals surface area contributed by atoms with Crippen LogP contribution in [0.1, 0.15) is 10.4 Å². The van der Waals surface area contributed by atoms with Crippen LogP contribution in [0.25, 0.3) is 16.6 Å². The molecule has 0 spiro atoms. The first-order valence-electron chi connectivity index (χ1n) is 9.52. The molecule has 3 aromatic rings. The summed E-state index contributed by atoms with van der Waals surface area (Å²) in [5.74, 6) is -0.900. The fourth-order valence-electron chi connectivity index (χ4n) is 3.38. The number of benzene rings is 2. The molecule has 2 heterocycles. The number of hydrogen-bond donors (Lipinski definition) is 1. The second kappa shape index (κ2) is 8.50. The van der Waals surface area contributed by atoms with Gasteiger partial charge in [0.2, 0.25) is 10.0 Å². The molecular weight excluding hydrogens is 411 g/mol. The Bertz CT molecular complexity index is 1160. The molecule has 1 aliphatic rings. The molecule has 0 saturated carbocycles. The molecule has 30 heavy (non-hydrogen) atoms. The highest BCUT2D eigenvalue weighted by atomic mass is 32.2. The molecule has 0 radical (unpaired) electrons. The Morgan fingerprint density at radius 3 is 2.60 bits per heavy atom. The third-order valence-electron chi connectivity index (χ3n) is 4.94. The van der Waals surface area contributed by atoms with Gasteiger partial charge in [-0.25, -0.2) is 17.5 Å². The average molecular weight is 432 g/mol. The molecule has 1 saturated heterocycles. The molecule has 0 unspecified atom stereocenters. The van der Waals surface area contributed by atoms with Gasteiger partial charge in [-0.05, 0) is 36.4 Å². The molecule has 1 N–H and O–H groups in total. The summed E-state index contributed by atoms with van der Waals surface area (Å²) in [6, 6.07) is 11.1. The lowest BCUT2D eigenvalue weighted by molar-refractivity contribution is 0.0730. The van der Waals surface area contributed by atoms with Crippen LogP contribution in [0.3, 0.4) is 0 Å². The monoisotopic (exact) mass is 432 g/mol. The normalized spacial score (nSPS) is 15.4. The summed E-state index contributed by atoms with van der Waals surface area (Å²) < 4.78 is 46.1. The predicted octanol–water partition coefficient (Wildman–Crippen LogP) is 1.56. The quantitative estimate of drug-likeness (QED) is 0.638. The van der Waals surface area contributed by atoms with Crippen molar-refractivity contribution in [3.05, 3.63) is 60.0 Å². The zero-order chi connectivity index (χ0) is 21.1. The number of sulfonamides is 1. The van der Waals surface area contributed by atoms with Crippen LogP contribution < -0.4 is 5.32 Å². The van der Waals surface area contributed by atoms with Crippen molar-refractivity contribution in [2.45, 2.75) is 0 Å². The van der Waals surface area contributed by atoms with Crippen LogP contribution in [0.4, 0.5) is 4.39 Å². The van der Waals surface area contributed by atoms with Gasteiger partial charge in [-0.1, -0.05) is 6.07 Å². The Hall–Kier alpha value is -2.82. The first kappa shape index (κ1) is 20.5. The number of fused-ring (bicyclic) bond motifs is 1. The van der Waals surface area contributed by atoms with E-state index in [2.05, 4.69) is 10.4 Å². The van der Waals surface area contributed by atoms with Crippen molar-refractivity contribution in [1.82, 2.24) is 19.4 Å². The highest BCUT2D eigenvalue weighted by molar-refractivity contribution is 7.89. The van der Waals surface area contributed by atoms with Gasteiger partial charge in [0.25, 0.3) is 5.91 Å². The van der Waals surface area contributed by atoms with Crippen LogP contribution in [0.5, 0.6) is 0 Å². The van der Waals surface area contributed by atoms with E-state index in [1.807, 2.05) is 6.07 Å². The van der Waals surface area contributed by atoms with Crippen LogP contribution in [0, 0.1) is 5.82 Å². The van der Waals surface area contributed by atoms with Crippen molar-refractivity contribution in [3.8, 4) is 5.69 Å². The summed E-state index contributed by atoms with van der Waals surface area (Å²) >= 11 is 0. The molecule has 1 aromatic heterocycles. The number of hydrogen-bond acceptors (Lipinski definition) is 5. The molecule has 158 valence electrons. The number of rotatable bonds is 6. The van der Waals surface area contributed by atoms with Crippen molar-refractivity contribution in [3.63, 3.8) is 0 Å². The first-order chi connectivity index (χ1) is 14.5. The summed E-state index contributed by atoms with van der Waals surface area (Å²) in [4.78, 5) is 12.7. The van der Waals surface area contributed by atoms with Gasteiger partial charge in [0, 0.05) is 25.0 Å². The van der Waals surface area contributed by atoms with E-state index in [-0.39, 0.29) is 24.0 Å². The molecule has 2 aromatic carbocycles. The van der Waals surface area contributed by atoms with Gasteiger partial charge in [-0.2, -0.15) is 9.40 Å². The average Bonchev–Trinajstić information content (AvgIpc) is 3.19. The van der Waals surface area contributed by atoms with Gasteiger partial charge in [-0.15, -0.1) is 0 Å². The summed E-state index contributed by atoms with van der Waals surface area (Å²) in [5.41, 5.74) is 1.75. The number of carbonyl (C=O) groups excluding carboxylic acids is 1. The minimum absolute atomic E-state index is 0.00100.